The van der Waals surface area contributed by atoms with Gasteiger partial charge in [0.1, 0.15) is 11.5 Å². The van der Waals surface area contributed by atoms with E-state index < -0.39 is 0 Å². The van der Waals surface area contributed by atoms with E-state index in [1.54, 1.807) is 6.07 Å². The predicted molar refractivity (Wildman–Crippen MR) is 81.9 cm³/mol. The zero-order valence-corrected chi connectivity index (χ0v) is 12.7. The number of hydrogen-bond acceptors (Lipinski definition) is 3. The molecule has 1 aliphatic carbocycles. The summed E-state index contributed by atoms with van der Waals surface area (Å²) < 4.78 is 0. The summed E-state index contributed by atoms with van der Waals surface area (Å²) in [6.45, 7) is 4.97. The number of amides is 1. The smallest absolute Gasteiger partial charge is 0.272 e. The lowest BCUT2D eigenvalue weighted by Gasteiger charge is -2.21. The fraction of sp³-hybridized carbons (Fsp3) is 0.625. The van der Waals surface area contributed by atoms with Crippen LogP contribution in [0.1, 0.15) is 50.0 Å². The zero-order valence-electron chi connectivity index (χ0n) is 12.7. The lowest BCUT2D eigenvalue weighted by Crippen LogP contribution is -2.31. The first kappa shape index (κ1) is 14.8. The van der Waals surface area contributed by atoms with Crippen LogP contribution in [-0.2, 0) is 0 Å². The van der Waals surface area contributed by atoms with Crippen molar-refractivity contribution in [1.29, 1.82) is 0 Å². The predicted octanol–water partition coefficient (Wildman–Crippen LogP) is 3.16. The lowest BCUT2D eigenvalue weighted by molar-refractivity contribution is 0.0767. The molecule has 0 radical (unpaired) electrons. The van der Waals surface area contributed by atoms with Crippen molar-refractivity contribution < 1.29 is 4.79 Å². The Bertz CT molecular complexity index is 453. The first-order chi connectivity index (χ1) is 9.56. The van der Waals surface area contributed by atoms with Gasteiger partial charge in [-0.05, 0) is 44.7 Å². The van der Waals surface area contributed by atoms with E-state index in [2.05, 4.69) is 24.1 Å². The third-order valence-electron chi connectivity index (χ3n) is 3.76. The maximum absolute atomic E-state index is 12.4. The third kappa shape index (κ3) is 3.95. The Balaban J connectivity index is 2.00. The third-order valence-corrected chi connectivity index (χ3v) is 3.76. The highest BCUT2D eigenvalue weighted by molar-refractivity contribution is 5.92. The highest BCUT2D eigenvalue weighted by atomic mass is 16.2. The summed E-state index contributed by atoms with van der Waals surface area (Å²) in [6.07, 6.45) is 5.11. The van der Waals surface area contributed by atoms with Crippen molar-refractivity contribution in [3.63, 3.8) is 0 Å². The van der Waals surface area contributed by atoms with Crippen LogP contribution in [-0.4, -0.2) is 35.4 Å². The van der Waals surface area contributed by atoms with Crippen molar-refractivity contribution in [3.05, 3.63) is 23.9 Å². The van der Waals surface area contributed by atoms with Crippen LogP contribution in [0.4, 0.5) is 5.82 Å². The van der Waals surface area contributed by atoms with Crippen molar-refractivity contribution in [2.75, 3.05) is 18.9 Å². The summed E-state index contributed by atoms with van der Waals surface area (Å²) in [5.74, 6) is 1.45. The van der Waals surface area contributed by atoms with Crippen LogP contribution in [0, 0.1) is 5.92 Å². The number of pyridine rings is 1. The Morgan fingerprint density at radius 1 is 1.40 bits per heavy atom. The Morgan fingerprint density at radius 3 is 2.75 bits per heavy atom. The van der Waals surface area contributed by atoms with Gasteiger partial charge in [0.2, 0.25) is 0 Å². The maximum atomic E-state index is 12.4. The topological polar surface area (TPSA) is 45.2 Å². The molecule has 0 aliphatic heterocycles. The van der Waals surface area contributed by atoms with Gasteiger partial charge >= 0.3 is 0 Å². The molecular formula is C16H25N3O. The van der Waals surface area contributed by atoms with Crippen LogP contribution < -0.4 is 5.32 Å². The molecule has 1 N–H and O–H groups in total. The lowest BCUT2D eigenvalue weighted by atomic mass is 10.1. The second-order valence-electron chi connectivity index (χ2n) is 6.04. The molecule has 0 atom stereocenters. The summed E-state index contributed by atoms with van der Waals surface area (Å²) in [7, 11) is 1.88. The second-order valence-corrected chi connectivity index (χ2v) is 6.04. The molecule has 0 unspecified atom stereocenters. The van der Waals surface area contributed by atoms with Crippen LogP contribution in [0.3, 0.4) is 0 Å². The van der Waals surface area contributed by atoms with Gasteiger partial charge in [0, 0.05) is 19.6 Å². The Hall–Kier alpha value is -1.58. The van der Waals surface area contributed by atoms with Gasteiger partial charge in [-0.1, -0.05) is 18.9 Å². The van der Waals surface area contributed by atoms with E-state index in [0.29, 0.717) is 17.7 Å². The molecule has 1 fully saturated rings. The maximum Gasteiger partial charge on any atom is 0.272 e. The van der Waals surface area contributed by atoms with Crippen molar-refractivity contribution >= 4 is 11.7 Å². The van der Waals surface area contributed by atoms with Crippen LogP contribution in [0.25, 0.3) is 0 Å². The number of rotatable bonds is 5. The molecule has 1 amide bonds. The molecule has 0 spiro atoms. The molecule has 1 aromatic heterocycles. The number of nitrogens with one attached hydrogen (secondary N) is 1. The Kier molecular flexibility index (Phi) is 4.99. The number of aromatic nitrogens is 1. The molecule has 0 aromatic carbocycles. The van der Waals surface area contributed by atoms with Crippen LogP contribution in [0.15, 0.2) is 18.2 Å². The van der Waals surface area contributed by atoms with E-state index in [0.717, 1.165) is 12.4 Å². The molecule has 2 rings (SSSR count). The van der Waals surface area contributed by atoms with Crippen LogP contribution in [0.2, 0.25) is 0 Å². The number of hydrogen-bond donors (Lipinski definition) is 1. The molecular weight excluding hydrogens is 250 g/mol. The minimum absolute atomic E-state index is 0.0179. The second kappa shape index (κ2) is 6.73. The Morgan fingerprint density at radius 2 is 2.10 bits per heavy atom. The van der Waals surface area contributed by atoms with Crippen LogP contribution in [0.5, 0.6) is 0 Å². The van der Waals surface area contributed by atoms with Crippen LogP contribution >= 0.6 is 0 Å². The highest BCUT2D eigenvalue weighted by Gasteiger charge is 2.21. The first-order valence-corrected chi connectivity index (χ1v) is 7.55. The standard InChI is InChI=1S/C16H25N3O/c1-12(2)17-15-10-6-9-14(18-15)16(20)19(3)11-13-7-4-5-8-13/h6,9-10,12-13H,4-5,7-8,11H2,1-3H3,(H,17,18). The average Bonchev–Trinajstić information content (AvgIpc) is 2.90. The Labute approximate surface area is 121 Å². The van der Waals surface area contributed by atoms with Gasteiger partial charge in [-0.25, -0.2) is 4.98 Å². The van der Waals surface area contributed by atoms with Gasteiger partial charge in [0.15, 0.2) is 0 Å². The SMILES string of the molecule is CC(C)Nc1cccc(C(=O)N(C)CC2CCCC2)n1. The fourth-order valence-corrected chi connectivity index (χ4v) is 2.79. The van der Waals surface area contributed by atoms with Crippen molar-refractivity contribution in [2.45, 2.75) is 45.6 Å². The monoisotopic (exact) mass is 275 g/mol. The van der Waals surface area contributed by atoms with E-state index in [9.17, 15) is 4.79 Å². The number of carbonyl (C=O) groups excluding carboxylic acids is 1. The van der Waals surface area contributed by atoms with E-state index in [1.165, 1.54) is 25.7 Å². The van der Waals surface area contributed by atoms with Gasteiger partial charge in [-0.15, -0.1) is 0 Å². The molecule has 110 valence electrons. The number of nitrogens with zero attached hydrogens (tertiary/aromatic N) is 2. The zero-order chi connectivity index (χ0) is 14.5. The van der Waals surface area contributed by atoms with Crippen molar-refractivity contribution in [3.8, 4) is 0 Å². The first-order valence-electron chi connectivity index (χ1n) is 7.55. The van der Waals surface area contributed by atoms with Gasteiger partial charge < -0.3 is 10.2 Å². The molecule has 1 aliphatic rings. The average molecular weight is 275 g/mol. The fourth-order valence-electron chi connectivity index (χ4n) is 2.79. The molecule has 1 saturated carbocycles. The number of anilines is 1. The van der Waals surface area contributed by atoms with E-state index in [4.69, 9.17) is 0 Å². The summed E-state index contributed by atoms with van der Waals surface area (Å²) >= 11 is 0. The van der Waals surface area contributed by atoms with E-state index >= 15 is 0 Å². The van der Waals surface area contributed by atoms with Gasteiger partial charge in [0.05, 0.1) is 0 Å². The van der Waals surface area contributed by atoms with Crippen molar-refractivity contribution in [2.24, 2.45) is 5.92 Å². The van der Waals surface area contributed by atoms with Gasteiger partial charge in [-0.2, -0.15) is 0 Å². The molecule has 20 heavy (non-hydrogen) atoms. The minimum Gasteiger partial charge on any atom is -0.368 e. The molecule has 0 saturated heterocycles. The summed E-state index contributed by atoms with van der Waals surface area (Å²) in [6, 6.07) is 5.88. The molecule has 1 aromatic rings. The summed E-state index contributed by atoms with van der Waals surface area (Å²) in [4.78, 5) is 18.6. The van der Waals surface area contributed by atoms with Gasteiger partial charge in [0.25, 0.3) is 5.91 Å². The van der Waals surface area contributed by atoms with E-state index in [1.807, 2.05) is 24.1 Å². The minimum atomic E-state index is 0.0179. The summed E-state index contributed by atoms with van der Waals surface area (Å²) in [5.41, 5.74) is 0.524. The molecule has 4 nitrogen and oxygen atoms in total. The number of carbonyl (C=O) groups is 1. The van der Waals surface area contributed by atoms with Gasteiger partial charge in [-0.3, -0.25) is 4.79 Å². The summed E-state index contributed by atoms with van der Waals surface area (Å²) in [5, 5.41) is 3.23. The normalized spacial score (nSPS) is 15.6. The highest BCUT2D eigenvalue weighted by Crippen LogP contribution is 2.25. The largest absolute Gasteiger partial charge is 0.368 e. The molecule has 1 heterocycles. The van der Waals surface area contributed by atoms with E-state index in [-0.39, 0.29) is 5.91 Å². The molecule has 0 bridgehead atoms. The molecule has 4 heteroatoms. The quantitative estimate of drug-likeness (QED) is 0.897. The van der Waals surface area contributed by atoms with Crippen molar-refractivity contribution in [1.82, 2.24) is 9.88 Å².